The van der Waals surface area contributed by atoms with Crippen molar-refractivity contribution in [2.45, 2.75) is 0 Å². The highest BCUT2D eigenvalue weighted by atomic mass is 35.5. The Labute approximate surface area is 126 Å². The molecular formula is C14H13ClN2O4. The molecule has 21 heavy (non-hydrogen) atoms. The fraction of sp³-hybridized carbons (Fsp3) is 0.143. The lowest BCUT2D eigenvalue weighted by Crippen LogP contribution is -2.04. The van der Waals surface area contributed by atoms with Crippen LogP contribution >= 0.6 is 11.6 Å². The number of benzene rings is 1. The monoisotopic (exact) mass is 308 g/mol. The van der Waals surface area contributed by atoms with Gasteiger partial charge in [-0.05, 0) is 18.2 Å². The smallest absolute Gasteiger partial charge is 0.339 e. The van der Waals surface area contributed by atoms with Crippen LogP contribution in [0.4, 0.5) is 11.4 Å². The van der Waals surface area contributed by atoms with Gasteiger partial charge < -0.3 is 19.9 Å². The Hall–Kier alpha value is -2.47. The number of hydrogen-bond acceptors (Lipinski definition) is 5. The SMILES string of the molecule is COc1ccc(Nc2cc(Cl)ncc2C(=O)O)c(OC)c1. The maximum Gasteiger partial charge on any atom is 0.339 e. The molecule has 0 atom stereocenters. The van der Waals surface area contributed by atoms with Crippen molar-refractivity contribution in [3.05, 3.63) is 41.2 Å². The Bertz CT molecular complexity index is 676. The van der Waals surface area contributed by atoms with Crippen LogP contribution in [0.5, 0.6) is 11.5 Å². The molecule has 2 N–H and O–H groups in total. The molecule has 1 heterocycles. The highest BCUT2D eigenvalue weighted by Gasteiger charge is 2.14. The zero-order valence-electron chi connectivity index (χ0n) is 11.4. The van der Waals surface area contributed by atoms with Gasteiger partial charge in [0.25, 0.3) is 0 Å². The van der Waals surface area contributed by atoms with Crippen molar-refractivity contribution in [3.63, 3.8) is 0 Å². The number of rotatable bonds is 5. The van der Waals surface area contributed by atoms with Gasteiger partial charge in [-0.25, -0.2) is 9.78 Å². The molecule has 2 rings (SSSR count). The van der Waals surface area contributed by atoms with E-state index in [2.05, 4.69) is 10.3 Å². The number of nitrogens with one attached hydrogen (secondary N) is 1. The summed E-state index contributed by atoms with van der Waals surface area (Å²) in [5.74, 6) is 0.0383. The van der Waals surface area contributed by atoms with Gasteiger partial charge >= 0.3 is 5.97 Å². The number of methoxy groups -OCH3 is 2. The molecule has 0 aliphatic carbocycles. The third-order valence-electron chi connectivity index (χ3n) is 2.78. The molecule has 1 aromatic heterocycles. The van der Waals surface area contributed by atoms with Crippen molar-refractivity contribution in [1.29, 1.82) is 0 Å². The minimum Gasteiger partial charge on any atom is -0.497 e. The van der Waals surface area contributed by atoms with Crippen LogP contribution in [0.1, 0.15) is 10.4 Å². The average molecular weight is 309 g/mol. The molecule has 110 valence electrons. The lowest BCUT2D eigenvalue weighted by molar-refractivity contribution is 0.0697. The minimum atomic E-state index is -1.10. The standard InChI is InChI=1S/C14H13ClN2O4/c1-20-8-3-4-10(12(5-8)21-2)17-11-6-13(15)16-7-9(11)14(18)19/h3-7H,1-2H3,(H,16,17)(H,18,19). The molecule has 0 spiro atoms. The lowest BCUT2D eigenvalue weighted by atomic mass is 10.2. The van der Waals surface area contributed by atoms with Crippen LogP contribution < -0.4 is 14.8 Å². The Morgan fingerprint density at radius 2 is 2.00 bits per heavy atom. The number of hydrogen-bond donors (Lipinski definition) is 2. The number of aromatic nitrogens is 1. The highest BCUT2D eigenvalue weighted by Crippen LogP contribution is 2.33. The molecule has 0 bridgehead atoms. The molecule has 0 aliphatic heterocycles. The Morgan fingerprint density at radius 1 is 1.24 bits per heavy atom. The van der Waals surface area contributed by atoms with Crippen molar-refractivity contribution >= 4 is 28.9 Å². The quantitative estimate of drug-likeness (QED) is 0.826. The van der Waals surface area contributed by atoms with Crippen LogP contribution in [0, 0.1) is 0 Å². The number of aromatic carboxylic acids is 1. The van der Waals surface area contributed by atoms with Crippen LogP contribution in [0.2, 0.25) is 5.15 Å². The van der Waals surface area contributed by atoms with Gasteiger partial charge in [-0.15, -0.1) is 0 Å². The first-order chi connectivity index (χ1) is 10.0. The highest BCUT2D eigenvalue weighted by molar-refractivity contribution is 6.29. The molecule has 0 saturated heterocycles. The summed E-state index contributed by atoms with van der Waals surface area (Å²) >= 11 is 5.81. The van der Waals surface area contributed by atoms with Crippen LogP contribution in [-0.4, -0.2) is 30.3 Å². The third kappa shape index (κ3) is 3.35. The molecule has 1 aromatic carbocycles. The number of pyridine rings is 1. The van der Waals surface area contributed by atoms with Gasteiger partial charge in [0.1, 0.15) is 22.2 Å². The predicted molar refractivity (Wildman–Crippen MR) is 79.0 cm³/mol. The Kier molecular flexibility index (Phi) is 4.49. The molecular weight excluding hydrogens is 296 g/mol. The van der Waals surface area contributed by atoms with Gasteiger partial charge in [-0.2, -0.15) is 0 Å². The van der Waals surface area contributed by atoms with Crippen LogP contribution in [-0.2, 0) is 0 Å². The van der Waals surface area contributed by atoms with E-state index in [-0.39, 0.29) is 10.7 Å². The number of nitrogens with zero attached hydrogens (tertiary/aromatic N) is 1. The van der Waals surface area contributed by atoms with Gasteiger partial charge in [-0.1, -0.05) is 11.6 Å². The fourth-order valence-corrected chi connectivity index (χ4v) is 1.91. The number of ether oxygens (including phenoxy) is 2. The summed E-state index contributed by atoms with van der Waals surface area (Å²) in [6.45, 7) is 0. The second-order valence-electron chi connectivity index (χ2n) is 4.05. The van der Waals surface area contributed by atoms with Crippen molar-refractivity contribution < 1.29 is 19.4 Å². The third-order valence-corrected chi connectivity index (χ3v) is 2.99. The number of carboxylic acids is 1. The van der Waals surface area contributed by atoms with Gasteiger partial charge in [0, 0.05) is 12.3 Å². The van der Waals surface area contributed by atoms with Crippen molar-refractivity contribution in [1.82, 2.24) is 4.98 Å². The van der Waals surface area contributed by atoms with E-state index in [1.165, 1.54) is 19.4 Å². The second-order valence-corrected chi connectivity index (χ2v) is 4.44. The van der Waals surface area contributed by atoms with E-state index in [9.17, 15) is 4.79 Å². The van der Waals surface area contributed by atoms with Crippen molar-refractivity contribution in [2.24, 2.45) is 0 Å². The first-order valence-corrected chi connectivity index (χ1v) is 6.31. The van der Waals surface area contributed by atoms with Crippen molar-refractivity contribution in [2.75, 3.05) is 19.5 Å². The largest absolute Gasteiger partial charge is 0.497 e. The first-order valence-electron chi connectivity index (χ1n) is 5.93. The second kappa shape index (κ2) is 6.32. The lowest BCUT2D eigenvalue weighted by Gasteiger charge is -2.14. The Balaban J connectivity index is 2.42. The maximum atomic E-state index is 11.2. The van der Waals surface area contributed by atoms with E-state index in [1.54, 1.807) is 25.3 Å². The minimum absolute atomic E-state index is 0.0114. The number of anilines is 2. The summed E-state index contributed by atoms with van der Waals surface area (Å²) < 4.78 is 10.4. The molecule has 7 heteroatoms. The van der Waals surface area contributed by atoms with Crippen LogP contribution in [0.25, 0.3) is 0 Å². The van der Waals surface area contributed by atoms with Gasteiger partial charge in [0.2, 0.25) is 0 Å². The van der Waals surface area contributed by atoms with E-state index < -0.39 is 5.97 Å². The molecule has 0 unspecified atom stereocenters. The zero-order valence-corrected chi connectivity index (χ0v) is 12.1. The molecule has 6 nitrogen and oxygen atoms in total. The fourth-order valence-electron chi connectivity index (χ4n) is 1.75. The summed E-state index contributed by atoms with van der Waals surface area (Å²) in [7, 11) is 3.06. The summed E-state index contributed by atoms with van der Waals surface area (Å²) in [6.07, 6.45) is 1.20. The summed E-state index contributed by atoms with van der Waals surface area (Å²) in [5, 5.41) is 12.3. The molecule has 0 fully saturated rings. The van der Waals surface area contributed by atoms with Gasteiger partial charge in [0.15, 0.2) is 0 Å². The molecule has 0 amide bonds. The predicted octanol–water partition coefficient (Wildman–Crippen LogP) is 3.19. The van der Waals surface area contributed by atoms with E-state index in [1.807, 2.05) is 0 Å². The van der Waals surface area contributed by atoms with Crippen LogP contribution in [0.15, 0.2) is 30.5 Å². The average Bonchev–Trinajstić information content (AvgIpc) is 2.47. The van der Waals surface area contributed by atoms with Crippen molar-refractivity contribution in [3.8, 4) is 11.5 Å². The van der Waals surface area contributed by atoms with Gasteiger partial charge in [0.05, 0.1) is 25.6 Å². The van der Waals surface area contributed by atoms with E-state index in [0.29, 0.717) is 22.9 Å². The topological polar surface area (TPSA) is 80.7 Å². The van der Waals surface area contributed by atoms with E-state index in [0.717, 1.165) is 0 Å². The normalized spacial score (nSPS) is 10.0. The first kappa shape index (κ1) is 14.9. The number of halogens is 1. The maximum absolute atomic E-state index is 11.2. The summed E-state index contributed by atoms with van der Waals surface area (Å²) in [4.78, 5) is 15.0. The molecule has 2 aromatic rings. The van der Waals surface area contributed by atoms with Crippen LogP contribution in [0.3, 0.4) is 0 Å². The zero-order chi connectivity index (χ0) is 15.4. The van der Waals surface area contributed by atoms with E-state index >= 15 is 0 Å². The van der Waals surface area contributed by atoms with E-state index in [4.69, 9.17) is 26.2 Å². The number of carboxylic acid groups (broad SMARTS) is 1. The summed E-state index contributed by atoms with van der Waals surface area (Å²) in [6, 6.07) is 6.58. The Morgan fingerprint density at radius 3 is 2.62 bits per heavy atom. The molecule has 0 saturated carbocycles. The number of carbonyl (C=O) groups is 1. The van der Waals surface area contributed by atoms with Gasteiger partial charge in [-0.3, -0.25) is 0 Å². The summed E-state index contributed by atoms with van der Waals surface area (Å²) in [5.41, 5.74) is 0.923. The molecule has 0 aliphatic rings. The molecule has 0 radical (unpaired) electrons.